The van der Waals surface area contributed by atoms with E-state index < -0.39 is 49.5 Å². The molecule has 0 bridgehead atoms. The molecular formula is C52H87NO8. The number of rotatable bonds is 38. The molecule has 348 valence electrons. The first-order chi connectivity index (χ1) is 29.8. The van der Waals surface area contributed by atoms with Crippen molar-refractivity contribution in [2.24, 2.45) is 0 Å². The number of aliphatic hydroxyl groups excluding tert-OH is 5. The lowest BCUT2D eigenvalue weighted by molar-refractivity contribution is -0.302. The number of carbonyl (C=O) groups excluding carboxylic acids is 1. The fourth-order valence-corrected chi connectivity index (χ4v) is 6.84. The number of allylic oxidation sites excluding steroid dienone is 15. The van der Waals surface area contributed by atoms with E-state index in [-0.39, 0.29) is 18.9 Å². The van der Waals surface area contributed by atoms with Gasteiger partial charge in [0, 0.05) is 6.42 Å². The number of unbranched alkanes of at least 4 members (excludes halogenated alkanes) is 14. The van der Waals surface area contributed by atoms with Gasteiger partial charge in [0.1, 0.15) is 24.4 Å². The minimum atomic E-state index is -1.59. The van der Waals surface area contributed by atoms with Gasteiger partial charge in [0.2, 0.25) is 5.91 Å². The van der Waals surface area contributed by atoms with Crippen LogP contribution in [0.25, 0.3) is 0 Å². The van der Waals surface area contributed by atoms with E-state index in [0.29, 0.717) is 6.42 Å². The van der Waals surface area contributed by atoms with Gasteiger partial charge in [-0.2, -0.15) is 0 Å². The van der Waals surface area contributed by atoms with Crippen LogP contribution in [0.15, 0.2) is 97.2 Å². The maximum absolute atomic E-state index is 12.9. The summed E-state index contributed by atoms with van der Waals surface area (Å²) in [6.45, 7) is 3.59. The van der Waals surface area contributed by atoms with Gasteiger partial charge >= 0.3 is 0 Å². The highest BCUT2D eigenvalue weighted by molar-refractivity contribution is 5.76. The highest BCUT2D eigenvalue weighted by atomic mass is 16.7. The van der Waals surface area contributed by atoms with Gasteiger partial charge in [-0.1, -0.05) is 188 Å². The molecule has 1 aliphatic heterocycles. The molecule has 0 saturated carbocycles. The maximum Gasteiger partial charge on any atom is 0.220 e. The zero-order valence-electron chi connectivity index (χ0n) is 38.1. The second-order valence-electron chi connectivity index (χ2n) is 16.2. The average Bonchev–Trinajstić information content (AvgIpc) is 3.26. The quantitative estimate of drug-likeness (QED) is 0.0266. The Kier molecular flexibility index (Phi) is 37.9. The summed E-state index contributed by atoms with van der Waals surface area (Å²) in [6.07, 6.45) is 51.8. The molecule has 9 nitrogen and oxygen atoms in total. The predicted octanol–water partition coefficient (Wildman–Crippen LogP) is 10.5. The molecule has 1 aliphatic rings. The Labute approximate surface area is 371 Å². The molecule has 0 aromatic heterocycles. The van der Waals surface area contributed by atoms with Crippen molar-refractivity contribution in [3.05, 3.63) is 97.2 Å². The van der Waals surface area contributed by atoms with Gasteiger partial charge in [-0.15, -0.1) is 0 Å². The maximum atomic E-state index is 12.9. The van der Waals surface area contributed by atoms with E-state index in [1.54, 1.807) is 6.08 Å². The first kappa shape index (κ1) is 56.1. The fourth-order valence-electron chi connectivity index (χ4n) is 6.84. The van der Waals surface area contributed by atoms with Crippen LogP contribution in [0.2, 0.25) is 0 Å². The summed E-state index contributed by atoms with van der Waals surface area (Å²) >= 11 is 0. The van der Waals surface area contributed by atoms with E-state index in [2.05, 4.69) is 92.1 Å². The molecule has 0 aromatic rings. The van der Waals surface area contributed by atoms with Crippen LogP contribution < -0.4 is 5.32 Å². The van der Waals surface area contributed by atoms with E-state index in [1.165, 1.54) is 83.5 Å². The summed E-state index contributed by atoms with van der Waals surface area (Å²) in [6, 6.07) is -0.868. The van der Waals surface area contributed by atoms with Gasteiger partial charge in [-0.25, -0.2) is 0 Å². The van der Waals surface area contributed by atoms with Crippen molar-refractivity contribution in [1.29, 1.82) is 0 Å². The summed E-state index contributed by atoms with van der Waals surface area (Å²) in [5.74, 6) is -0.273. The van der Waals surface area contributed by atoms with Crippen molar-refractivity contribution in [2.75, 3.05) is 13.2 Å². The minimum absolute atomic E-state index is 0.208. The lowest BCUT2D eigenvalue weighted by atomic mass is 9.99. The highest BCUT2D eigenvalue weighted by Crippen LogP contribution is 2.22. The molecule has 6 N–H and O–H groups in total. The Morgan fingerprint density at radius 1 is 0.574 bits per heavy atom. The standard InChI is InChI=1S/C52H87NO8/c1-3-5-7-9-11-13-15-17-19-21-23-25-27-29-31-33-35-37-39-41-46(55)45(44-60-52-51(59)50(58)49(57)47(43-54)61-52)53-48(56)42-40-38-36-34-32-30-28-26-24-22-20-18-16-14-12-10-8-6-4-2/h6,8,12,14,18,20,24,26,30-33,36,38-39,41,45-47,49-52,54-55,57-59H,3-5,7,9-11,13,15-17,19,21-23,25,27-29,34-35,37,40,42-44H2,1-2H3,(H,53,56)/b8-6-,14-12-,20-18-,26-24-,32-30-,33-31+,38-36-,41-39+. The van der Waals surface area contributed by atoms with Gasteiger partial charge in [-0.3, -0.25) is 4.79 Å². The molecule has 1 fully saturated rings. The van der Waals surface area contributed by atoms with Crippen LogP contribution in [-0.2, 0) is 14.3 Å². The predicted molar refractivity (Wildman–Crippen MR) is 253 cm³/mol. The number of carbonyl (C=O) groups is 1. The van der Waals surface area contributed by atoms with Crippen LogP contribution >= 0.6 is 0 Å². The third kappa shape index (κ3) is 31.6. The number of nitrogens with one attached hydrogen (secondary N) is 1. The lowest BCUT2D eigenvalue weighted by Gasteiger charge is -2.40. The minimum Gasteiger partial charge on any atom is -0.394 e. The highest BCUT2D eigenvalue weighted by Gasteiger charge is 2.44. The smallest absolute Gasteiger partial charge is 0.220 e. The van der Waals surface area contributed by atoms with E-state index in [9.17, 15) is 30.3 Å². The largest absolute Gasteiger partial charge is 0.394 e. The molecule has 0 aliphatic carbocycles. The van der Waals surface area contributed by atoms with Gasteiger partial charge in [0.25, 0.3) is 0 Å². The molecule has 7 unspecified atom stereocenters. The van der Waals surface area contributed by atoms with Crippen molar-refractivity contribution in [3.63, 3.8) is 0 Å². The van der Waals surface area contributed by atoms with Crippen molar-refractivity contribution >= 4 is 5.91 Å². The summed E-state index contributed by atoms with van der Waals surface area (Å²) < 4.78 is 11.2. The number of hydrogen-bond donors (Lipinski definition) is 6. The van der Waals surface area contributed by atoms with Crippen molar-refractivity contribution in [1.82, 2.24) is 5.32 Å². The zero-order chi connectivity index (χ0) is 44.4. The first-order valence-corrected chi connectivity index (χ1v) is 24.0. The van der Waals surface area contributed by atoms with Crippen LogP contribution in [0.4, 0.5) is 0 Å². The number of aliphatic hydroxyl groups is 5. The second kappa shape index (κ2) is 41.1. The van der Waals surface area contributed by atoms with Gasteiger partial charge in [0.15, 0.2) is 6.29 Å². The van der Waals surface area contributed by atoms with Crippen molar-refractivity contribution in [2.45, 2.75) is 211 Å². The molecule has 1 rings (SSSR count). The number of hydrogen-bond acceptors (Lipinski definition) is 8. The van der Waals surface area contributed by atoms with E-state index in [4.69, 9.17) is 9.47 Å². The Morgan fingerprint density at radius 3 is 1.56 bits per heavy atom. The van der Waals surface area contributed by atoms with Gasteiger partial charge in [0.05, 0.1) is 25.4 Å². The molecule has 9 heteroatoms. The summed E-state index contributed by atoms with van der Waals surface area (Å²) in [7, 11) is 0. The normalized spacial score (nSPS) is 21.3. The summed E-state index contributed by atoms with van der Waals surface area (Å²) in [5.41, 5.74) is 0. The van der Waals surface area contributed by atoms with Crippen LogP contribution in [0, 0.1) is 0 Å². The topological polar surface area (TPSA) is 149 Å². The number of ether oxygens (including phenoxy) is 2. The molecular weight excluding hydrogens is 767 g/mol. The van der Waals surface area contributed by atoms with E-state index in [1.807, 2.05) is 18.2 Å². The Morgan fingerprint density at radius 2 is 1.03 bits per heavy atom. The summed E-state index contributed by atoms with van der Waals surface area (Å²) in [5, 5.41) is 54.2. The van der Waals surface area contributed by atoms with Crippen molar-refractivity contribution < 1.29 is 39.8 Å². The molecule has 0 spiro atoms. The van der Waals surface area contributed by atoms with E-state index >= 15 is 0 Å². The Balaban J connectivity index is 2.44. The van der Waals surface area contributed by atoms with E-state index in [0.717, 1.165) is 57.8 Å². The molecule has 1 heterocycles. The Bertz CT molecular complexity index is 1270. The molecule has 0 aromatic carbocycles. The number of amides is 1. The summed E-state index contributed by atoms with van der Waals surface area (Å²) in [4.78, 5) is 12.9. The zero-order valence-corrected chi connectivity index (χ0v) is 38.1. The SMILES string of the molecule is CC/C=C\C/C=C\C/C=C\C/C=C\C/C=C\C/C=C\CCC(=O)NC(COC1OC(CO)C(O)C(O)C1O)C(O)/C=C/CC/C=C/CCCCCCCCCCCCCCC. The molecule has 61 heavy (non-hydrogen) atoms. The fraction of sp³-hybridized carbons (Fsp3) is 0.673. The van der Waals surface area contributed by atoms with Crippen LogP contribution in [0.5, 0.6) is 0 Å². The van der Waals surface area contributed by atoms with Crippen LogP contribution in [-0.4, -0.2) is 87.5 Å². The Hall–Kier alpha value is -2.89. The average molecular weight is 854 g/mol. The first-order valence-electron chi connectivity index (χ1n) is 24.0. The molecule has 7 atom stereocenters. The lowest BCUT2D eigenvalue weighted by Crippen LogP contribution is -2.60. The van der Waals surface area contributed by atoms with Crippen molar-refractivity contribution in [3.8, 4) is 0 Å². The third-order valence-electron chi connectivity index (χ3n) is 10.7. The third-order valence-corrected chi connectivity index (χ3v) is 10.7. The molecule has 1 amide bonds. The molecule has 0 radical (unpaired) electrons. The van der Waals surface area contributed by atoms with Gasteiger partial charge in [-0.05, 0) is 70.6 Å². The van der Waals surface area contributed by atoms with Crippen LogP contribution in [0.1, 0.15) is 168 Å². The molecule has 1 saturated heterocycles. The van der Waals surface area contributed by atoms with Gasteiger partial charge < -0.3 is 40.3 Å². The van der Waals surface area contributed by atoms with Crippen LogP contribution in [0.3, 0.4) is 0 Å². The monoisotopic (exact) mass is 854 g/mol. The second-order valence-corrected chi connectivity index (χ2v) is 16.2.